The lowest BCUT2D eigenvalue weighted by molar-refractivity contribution is -0.133. The number of piperidine rings is 1. The van der Waals surface area contributed by atoms with E-state index >= 15 is 0 Å². The van der Waals surface area contributed by atoms with Gasteiger partial charge in [0, 0.05) is 26.1 Å². The Balaban J connectivity index is 1.33. The summed E-state index contributed by atoms with van der Waals surface area (Å²) in [5, 5.41) is 3.31. The molecule has 3 heterocycles. The minimum Gasteiger partial charge on any atom is -0.368 e. The van der Waals surface area contributed by atoms with E-state index in [9.17, 15) is 4.79 Å². The van der Waals surface area contributed by atoms with Crippen LogP contribution in [-0.2, 0) is 4.79 Å². The maximum atomic E-state index is 12.2. The molecular weight excluding hydrogens is 304 g/mol. The second kappa shape index (κ2) is 8.08. The van der Waals surface area contributed by atoms with Gasteiger partial charge >= 0.3 is 0 Å². The molecule has 0 spiro atoms. The molecule has 1 aliphatic heterocycles. The zero-order valence-electron chi connectivity index (χ0n) is 14.3. The SMILES string of the molecule is CC1CCCN(C(=O)CCCCCNc2ncnc3nc[nH]c23)C1. The molecule has 7 heteroatoms. The highest BCUT2D eigenvalue weighted by Crippen LogP contribution is 2.17. The second-order valence-corrected chi connectivity index (χ2v) is 6.65. The Bertz CT molecular complexity index is 670. The monoisotopic (exact) mass is 330 g/mol. The van der Waals surface area contributed by atoms with Gasteiger partial charge in [-0.2, -0.15) is 0 Å². The van der Waals surface area contributed by atoms with Crippen LogP contribution in [0.2, 0.25) is 0 Å². The quantitative estimate of drug-likeness (QED) is 0.762. The number of hydrogen-bond donors (Lipinski definition) is 2. The van der Waals surface area contributed by atoms with Crippen LogP contribution in [0.25, 0.3) is 11.2 Å². The van der Waals surface area contributed by atoms with Crippen LogP contribution >= 0.6 is 0 Å². The van der Waals surface area contributed by atoms with Crippen LogP contribution in [0.1, 0.15) is 45.4 Å². The number of nitrogens with zero attached hydrogens (tertiary/aromatic N) is 4. The smallest absolute Gasteiger partial charge is 0.222 e. The van der Waals surface area contributed by atoms with Crippen LogP contribution in [0.15, 0.2) is 12.7 Å². The van der Waals surface area contributed by atoms with Crippen molar-refractivity contribution in [3.05, 3.63) is 12.7 Å². The zero-order valence-corrected chi connectivity index (χ0v) is 14.3. The van der Waals surface area contributed by atoms with E-state index in [0.29, 0.717) is 23.9 Å². The molecule has 0 radical (unpaired) electrons. The maximum Gasteiger partial charge on any atom is 0.222 e. The number of amides is 1. The molecule has 0 bridgehead atoms. The summed E-state index contributed by atoms with van der Waals surface area (Å²) >= 11 is 0. The molecule has 130 valence electrons. The predicted molar refractivity (Wildman–Crippen MR) is 93.6 cm³/mol. The molecule has 1 unspecified atom stereocenters. The van der Waals surface area contributed by atoms with Crippen molar-refractivity contribution in [1.29, 1.82) is 0 Å². The Morgan fingerprint density at radius 2 is 2.25 bits per heavy atom. The van der Waals surface area contributed by atoms with Gasteiger partial charge in [0.05, 0.1) is 6.33 Å². The minimum absolute atomic E-state index is 0.324. The molecule has 2 aromatic heterocycles. The summed E-state index contributed by atoms with van der Waals surface area (Å²) in [6.07, 6.45) is 9.23. The summed E-state index contributed by atoms with van der Waals surface area (Å²) in [5.41, 5.74) is 1.51. The fourth-order valence-corrected chi connectivity index (χ4v) is 3.26. The summed E-state index contributed by atoms with van der Waals surface area (Å²) < 4.78 is 0. The van der Waals surface area contributed by atoms with Gasteiger partial charge in [0.1, 0.15) is 11.8 Å². The Morgan fingerprint density at radius 3 is 3.12 bits per heavy atom. The third kappa shape index (κ3) is 4.21. The Hall–Kier alpha value is -2.18. The molecule has 1 aliphatic rings. The molecule has 2 aromatic rings. The number of hydrogen-bond acceptors (Lipinski definition) is 5. The van der Waals surface area contributed by atoms with Gasteiger partial charge in [-0.15, -0.1) is 0 Å². The van der Waals surface area contributed by atoms with Crippen LogP contribution in [0.3, 0.4) is 0 Å². The first-order valence-electron chi connectivity index (χ1n) is 8.90. The molecule has 0 aromatic carbocycles. The number of carbonyl (C=O) groups is 1. The van der Waals surface area contributed by atoms with E-state index in [2.05, 4.69) is 32.2 Å². The van der Waals surface area contributed by atoms with E-state index in [1.54, 1.807) is 6.33 Å². The van der Waals surface area contributed by atoms with Crippen molar-refractivity contribution < 1.29 is 4.79 Å². The Kier molecular flexibility index (Phi) is 5.61. The topological polar surface area (TPSA) is 86.8 Å². The number of nitrogens with one attached hydrogen (secondary N) is 2. The number of carbonyl (C=O) groups excluding carboxylic acids is 1. The number of unbranched alkanes of at least 4 members (excludes halogenated alkanes) is 2. The van der Waals surface area contributed by atoms with Gasteiger partial charge in [-0.25, -0.2) is 15.0 Å². The van der Waals surface area contributed by atoms with Gasteiger partial charge in [0.15, 0.2) is 11.5 Å². The standard InChI is InChI=1S/C17H26N6O/c1-13-6-5-9-23(10-13)14(24)7-3-2-4-8-18-16-15-17(20-11-19-15)22-12-21-16/h11-13H,2-10H2,1H3,(H2,18,19,20,21,22). The molecular formula is C17H26N6O. The number of H-pyrrole nitrogens is 1. The fourth-order valence-electron chi connectivity index (χ4n) is 3.26. The van der Waals surface area contributed by atoms with Crippen LogP contribution in [0.5, 0.6) is 0 Å². The summed E-state index contributed by atoms with van der Waals surface area (Å²) in [5.74, 6) is 1.76. The number of likely N-dealkylation sites (tertiary alicyclic amines) is 1. The Morgan fingerprint density at radius 1 is 1.33 bits per heavy atom. The first-order chi connectivity index (χ1) is 11.7. The molecule has 1 amide bonds. The van der Waals surface area contributed by atoms with Gasteiger partial charge in [0.25, 0.3) is 0 Å². The highest BCUT2D eigenvalue weighted by molar-refractivity contribution is 5.81. The largest absolute Gasteiger partial charge is 0.368 e. The van der Waals surface area contributed by atoms with Gasteiger partial charge in [-0.3, -0.25) is 4.79 Å². The van der Waals surface area contributed by atoms with E-state index in [1.807, 2.05) is 4.90 Å². The number of fused-ring (bicyclic) bond motifs is 1. The zero-order chi connectivity index (χ0) is 16.8. The van der Waals surface area contributed by atoms with Crippen molar-refractivity contribution in [2.75, 3.05) is 25.0 Å². The van der Waals surface area contributed by atoms with Crippen molar-refractivity contribution in [3.63, 3.8) is 0 Å². The number of anilines is 1. The van der Waals surface area contributed by atoms with E-state index < -0.39 is 0 Å². The highest BCUT2D eigenvalue weighted by atomic mass is 16.2. The molecule has 1 atom stereocenters. The van der Waals surface area contributed by atoms with E-state index in [0.717, 1.165) is 56.7 Å². The van der Waals surface area contributed by atoms with E-state index in [4.69, 9.17) is 0 Å². The number of imidazole rings is 1. The molecule has 7 nitrogen and oxygen atoms in total. The van der Waals surface area contributed by atoms with Crippen molar-refractivity contribution in [2.45, 2.75) is 45.4 Å². The van der Waals surface area contributed by atoms with Crippen molar-refractivity contribution in [2.24, 2.45) is 5.92 Å². The van der Waals surface area contributed by atoms with E-state index in [1.165, 1.54) is 12.7 Å². The molecule has 1 saturated heterocycles. The molecule has 3 rings (SSSR count). The lowest BCUT2D eigenvalue weighted by Gasteiger charge is -2.31. The normalized spacial score (nSPS) is 18.0. The summed E-state index contributed by atoms with van der Waals surface area (Å²) in [7, 11) is 0. The lowest BCUT2D eigenvalue weighted by atomic mass is 10.00. The van der Waals surface area contributed by atoms with Crippen LogP contribution < -0.4 is 5.32 Å². The van der Waals surface area contributed by atoms with Crippen molar-refractivity contribution in [3.8, 4) is 0 Å². The van der Waals surface area contributed by atoms with E-state index in [-0.39, 0.29) is 0 Å². The third-order valence-corrected chi connectivity index (χ3v) is 4.59. The number of rotatable bonds is 7. The van der Waals surface area contributed by atoms with Gasteiger partial charge in [0.2, 0.25) is 5.91 Å². The Labute approximate surface area is 142 Å². The van der Waals surface area contributed by atoms with Gasteiger partial charge in [-0.05, 0) is 31.6 Å². The minimum atomic E-state index is 0.324. The molecule has 0 saturated carbocycles. The third-order valence-electron chi connectivity index (χ3n) is 4.59. The average molecular weight is 330 g/mol. The molecule has 2 N–H and O–H groups in total. The van der Waals surface area contributed by atoms with Crippen LogP contribution in [0, 0.1) is 5.92 Å². The summed E-state index contributed by atoms with van der Waals surface area (Å²) in [4.78, 5) is 29.7. The summed E-state index contributed by atoms with van der Waals surface area (Å²) in [6.45, 7) is 4.95. The second-order valence-electron chi connectivity index (χ2n) is 6.65. The van der Waals surface area contributed by atoms with Crippen molar-refractivity contribution in [1.82, 2.24) is 24.8 Å². The van der Waals surface area contributed by atoms with Gasteiger partial charge < -0.3 is 15.2 Å². The van der Waals surface area contributed by atoms with Crippen molar-refractivity contribution >= 4 is 22.9 Å². The molecule has 0 aliphatic carbocycles. The molecule has 1 fully saturated rings. The first kappa shape index (κ1) is 16.7. The lowest BCUT2D eigenvalue weighted by Crippen LogP contribution is -2.38. The predicted octanol–water partition coefficient (Wildman–Crippen LogP) is 2.58. The maximum absolute atomic E-state index is 12.2. The summed E-state index contributed by atoms with van der Waals surface area (Å²) in [6, 6.07) is 0. The van der Waals surface area contributed by atoms with Crippen LogP contribution in [-0.4, -0.2) is 50.4 Å². The van der Waals surface area contributed by atoms with Crippen LogP contribution in [0.4, 0.5) is 5.82 Å². The fraction of sp³-hybridized carbons (Fsp3) is 0.647. The van der Waals surface area contributed by atoms with Gasteiger partial charge in [-0.1, -0.05) is 13.3 Å². The number of aromatic amines is 1. The molecule has 24 heavy (non-hydrogen) atoms. The average Bonchev–Trinajstić information content (AvgIpc) is 3.07. The highest BCUT2D eigenvalue weighted by Gasteiger charge is 2.20. The number of aromatic nitrogens is 4. The first-order valence-corrected chi connectivity index (χ1v) is 8.90.